The van der Waals surface area contributed by atoms with Crippen molar-refractivity contribution in [3.63, 3.8) is 0 Å². The third kappa shape index (κ3) is 4.32. The van der Waals surface area contributed by atoms with E-state index in [1.807, 2.05) is 55.5 Å². The van der Waals surface area contributed by atoms with E-state index in [0.717, 1.165) is 17.5 Å². The van der Waals surface area contributed by atoms with Gasteiger partial charge in [0.2, 0.25) is 5.91 Å². The van der Waals surface area contributed by atoms with E-state index >= 15 is 0 Å². The van der Waals surface area contributed by atoms with Crippen LogP contribution in [0.2, 0.25) is 0 Å². The summed E-state index contributed by atoms with van der Waals surface area (Å²) >= 11 is 0. The standard InChI is InChI=1S/C21H25NO3/c1-14-11-18(14)21(23)22-15(2)17-9-10-19(20(12-17)24-3)25-13-16-7-5-4-6-8-16/h4-10,12,14-15,18H,11,13H2,1-3H3,(H,22,23)/t14-,15+,18+/m1/s1. The summed E-state index contributed by atoms with van der Waals surface area (Å²) in [7, 11) is 1.63. The Morgan fingerprint density at radius 1 is 1.20 bits per heavy atom. The highest BCUT2D eigenvalue weighted by atomic mass is 16.5. The Morgan fingerprint density at radius 3 is 2.56 bits per heavy atom. The fraction of sp³-hybridized carbons (Fsp3) is 0.381. The second-order valence-corrected chi connectivity index (χ2v) is 6.73. The summed E-state index contributed by atoms with van der Waals surface area (Å²) in [5, 5.41) is 3.08. The highest BCUT2D eigenvalue weighted by molar-refractivity contribution is 5.81. The van der Waals surface area contributed by atoms with E-state index in [1.165, 1.54) is 0 Å². The van der Waals surface area contributed by atoms with Crippen molar-refractivity contribution in [2.75, 3.05) is 7.11 Å². The number of benzene rings is 2. The Hall–Kier alpha value is -2.49. The van der Waals surface area contributed by atoms with Gasteiger partial charge < -0.3 is 14.8 Å². The first kappa shape index (κ1) is 17.3. The first-order valence-corrected chi connectivity index (χ1v) is 8.73. The van der Waals surface area contributed by atoms with Gasteiger partial charge in [-0.3, -0.25) is 4.79 Å². The van der Waals surface area contributed by atoms with Gasteiger partial charge in [-0.2, -0.15) is 0 Å². The predicted molar refractivity (Wildman–Crippen MR) is 97.6 cm³/mol. The van der Waals surface area contributed by atoms with Crippen LogP contribution >= 0.6 is 0 Å². The van der Waals surface area contributed by atoms with Crippen molar-refractivity contribution in [2.45, 2.75) is 32.9 Å². The van der Waals surface area contributed by atoms with E-state index in [9.17, 15) is 4.79 Å². The smallest absolute Gasteiger partial charge is 0.223 e. The molecule has 0 saturated heterocycles. The van der Waals surface area contributed by atoms with E-state index in [0.29, 0.717) is 24.0 Å². The van der Waals surface area contributed by atoms with Crippen molar-refractivity contribution in [1.29, 1.82) is 0 Å². The number of rotatable bonds is 7. The monoisotopic (exact) mass is 339 g/mol. The highest BCUT2D eigenvalue weighted by Gasteiger charge is 2.39. The van der Waals surface area contributed by atoms with Crippen LogP contribution in [-0.2, 0) is 11.4 Å². The van der Waals surface area contributed by atoms with Crippen LogP contribution in [0.15, 0.2) is 48.5 Å². The Morgan fingerprint density at radius 2 is 1.92 bits per heavy atom. The van der Waals surface area contributed by atoms with Crippen LogP contribution in [0.1, 0.15) is 37.4 Å². The lowest BCUT2D eigenvalue weighted by Crippen LogP contribution is -2.28. The van der Waals surface area contributed by atoms with Crippen molar-refractivity contribution in [2.24, 2.45) is 11.8 Å². The Bertz CT molecular complexity index is 729. The maximum absolute atomic E-state index is 12.1. The summed E-state index contributed by atoms with van der Waals surface area (Å²) in [5.74, 6) is 2.20. The van der Waals surface area contributed by atoms with Crippen LogP contribution in [0.3, 0.4) is 0 Å². The molecule has 0 bridgehead atoms. The molecule has 0 unspecified atom stereocenters. The van der Waals surface area contributed by atoms with E-state index in [1.54, 1.807) is 7.11 Å². The molecule has 1 fully saturated rings. The van der Waals surface area contributed by atoms with Gasteiger partial charge in [0, 0.05) is 5.92 Å². The minimum absolute atomic E-state index is 0.0580. The summed E-state index contributed by atoms with van der Waals surface area (Å²) in [4.78, 5) is 12.1. The van der Waals surface area contributed by atoms with Crippen LogP contribution in [0.25, 0.3) is 0 Å². The zero-order valence-corrected chi connectivity index (χ0v) is 15.0. The van der Waals surface area contributed by atoms with Gasteiger partial charge in [-0.25, -0.2) is 0 Å². The largest absolute Gasteiger partial charge is 0.493 e. The zero-order valence-electron chi connectivity index (χ0n) is 15.0. The van der Waals surface area contributed by atoms with Crippen LogP contribution in [0.4, 0.5) is 0 Å². The van der Waals surface area contributed by atoms with Crippen molar-refractivity contribution in [3.8, 4) is 11.5 Å². The number of carbonyl (C=O) groups excluding carboxylic acids is 1. The molecule has 1 N–H and O–H groups in total. The fourth-order valence-corrected chi connectivity index (χ4v) is 2.90. The molecule has 3 rings (SSSR count). The van der Waals surface area contributed by atoms with Gasteiger partial charge in [-0.15, -0.1) is 0 Å². The lowest BCUT2D eigenvalue weighted by atomic mass is 10.1. The van der Waals surface area contributed by atoms with Gasteiger partial charge in [-0.05, 0) is 42.5 Å². The average Bonchev–Trinajstić information content (AvgIpc) is 3.37. The molecule has 0 radical (unpaired) electrons. The summed E-state index contributed by atoms with van der Waals surface area (Å²) < 4.78 is 11.3. The van der Waals surface area contributed by atoms with Gasteiger partial charge in [0.05, 0.1) is 13.2 Å². The summed E-state index contributed by atoms with van der Waals surface area (Å²) in [6.07, 6.45) is 0.994. The molecule has 3 atom stereocenters. The fourth-order valence-electron chi connectivity index (χ4n) is 2.90. The summed E-state index contributed by atoms with van der Waals surface area (Å²) in [5.41, 5.74) is 2.11. The number of nitrogens with one attached hydrogen (secondary N) is 1. The van der Waals surface area contributed by atoms with Crippen molar-refractivity contribution in [1.82, 2.24) is 5.32 Å². The van der Waals surface area contributed by atoms with E-state index < -0.39 is 0 Å². The molecule has 1 aliphatic rings. The highest BCUT2D eigenvalue weighted by Crippen LogP contribution is 2.38. The second kappa shape index (κ2) is 7.60. The van der Waals surface area contributed by atoms with E-state index in [4.69, 9.17) is 9.47 Å². The van der Waals surface area contributed by atoms with E-state index in [2.05, 4.69) is 12.2 Å². The zero-order chi connectivity index (χ0) is 17.8. The number of hydrogen-bond donors (Lipinski definition) is 1. The predicted octanol–water partition coefficient (Wildman–Crippen LogP) is 4.11. The number of carbonyl (C=O) groups is 1. The first-order chi connectivity index (χ1) is 12.1. The molecule has 1 aliphatic carbocycles. The molecule has 4 nitrogen and oxygen atoms in total. The number of methoxy groups -OCH3 is 1. The molecule has 25 heavy (non-hydrogen) atoms. The Labute approximate surface area is 149 Å². The molecule has 1 saturated carbocycles. The van der Waals surface area contributed by atoms with Crippen molar-refractivity contribution >= 4 is 5.91 Å². The molecule has 0 aliphatic heterocycles. The van der Waals surface area contributed by atoms with Crippen LogP contribution in [-0.4, -0.2) is 13.0 Å². The Kier molecular flexibility index (Phi) is 5.27. The summed E-state index contributed by atoms with van der Waals surface area (Å²) in [6, 6.07) is 15.8. The second-order valence-electron chi connectivity index (χ2n) is 6.73. The molecule has 0 spiro atoms. The quantitative estimate of drug-likeness (QED) is 0.826. The molecule has 2 aromatic rings. The van der Waals surface area contributed by atoms with Crippen LogP contribution in [0, 0.1) is 11.8 Å². The normalized spacial score (nSPS) is 19.8. The van der Waals surface area contributed by atoms with Crippen molar-refractivity contribution < 1.29 is 14.3 Å². The summed E-state index contributed by atoms with van der Waals surface area (Å²) in [6.45, 7) is 4.59. The molecular formula is C21H25NO3. The maximum Gasteiger partial charge on any atom is 0.223 e. The molecule has 2 aromatic carbocycles. The SMILES string of the molecule is COc1cc([C@H](C)NC(=O)[C@H]2C[C@H]2C)ccc1OCc1ccccc1. The first-order valence-electron chi connectivity index (χ1n) is 8.73. The maximum atomic E-state index is 12.1. The number of hydrogen-bond acceptors (Lipinski definition) is 3. The molecule has 132 valence electrons. The van der Waals surface area contributed by atoms with Gasteiger partial charge in [0.1, 0.15) is 6.61 Å². The lowest BCUT2D eigenvalue weighted by molar-refractivity contribution is -0.123. The topological polar surface area (TPSA) is 47.6 Å². The van der Waals surface area contributed by atoms with Gasteiger partial charge in [0.25, 0.3) is 0 Å². The van der Waals surface area contributed by atoms with E-state index in [-0.39, 0.29) is 17.9 Å². The Balaban J connectivity index is 1.65. The lowest BCUT2D eigenvalue weighted by Gasteiger charge is -2.17. The van der Waals surface area contributed by atoms with Gasteiger partial charge in [0.15, 0.2) is 11.5 Å². The van der Waals surface area contributed by atoms with Gasteiger partial charge in [-0.1, -0.05) is 43.3 Å². The van der Waals surface area contributed by atoms with Crippen LogP contribution in [0.5, 0.6) is 11.5 Å². The molecule has 0 heterocycles. The third-order valence-corrected chi connectivity index (χ3v) is 4.73. The average molecular weight is 339 g/mol. The number of ether oxygens (including phenoxy) is 2. The molecule has 4 heteroatoms. The third-order valence-electron chi connectivity index (χ3n) is 4.73. The minimum atomic E-state index is -0.0580. The van der Waals surface area contributed by atoms with Crippen molar-refractivity contribution in [3.05, 3.63) is 59.7 Å². The van der Waals surface area contributed by atoms with Gasteiger partial charge >= 0.3 is 0 Å². The molecular weight excluding hydrogens is 314 g/mol. The van der Waals surface area contributed by atoms with Crippen LogP contribution < -0.4 is 14.8 Å². The molecule has 0 aromatic heterocycles. The number of amides is 1. The molecule has 1 amide bonds. The minimum Gasteiger partial charge on any atom is -0.493 e.